The third-order valence-corrected chi connectivity index (χ3v) is 10.6. The molecule has 0 saturated heterocycles. The minimum atomic E-state index is -1.99. The Morgan fingerprint density at radius 3 is 2.00 bits per heavy atom. The fourth-order valence-corrected chi connectivity index (χ4v) is 8.29. The van der Waals surface area contributed by atoms with Gasteiger partial charge in [0.2, 0.25) is 0 Å². The molecule has 3 aromatic carbocycles. The van der Waals surface area contributed by atoms with Gasteiger partial charge in [0.05, 0.1) is 0 Å². The van der Waals surface area contributed by atoms with Crippen LogP contribution in [0, 0.1) is 6.92 Å². The van der Waals surface area contributed by atoms with Crippen LogP contribution >= 0.6 is 0 Å². The van der Waals surface area contributed by atoms with Crippen LogP contribution in [0.5, 0.6) is 0 Å². The van der Waals surface area contributed by atoms with E-state index < -0.39 is 8.07 Å². The van der Waals surface area contributed by atoms with Crippen molar-refractivity contribution >= 4 is 18.4 Å². The van der Waals surface area contributed by atoms with E-state index >= 15 is 0 Å². The predicted molar refractivity (Wildman–Crippen MR) is 119 cm³/mol. The first-order valence-electron chi connectivity index (χ1n) is 9.73. The second kappa shape index (κ2) is 7.54. The van der Waals surface area contributed by atoms with Crippen LogP contribution in [0.2, 0.25) is 6.55 Å². The Labute approximate surface area is 163 Å². The van der Waals surface area contributed by atoms with Crippen molar-refractivity contribution in [3.8, 4) is 0 Å². The Balaban J connectivity index is 1.85. The number of hydrogen-bond donors (Lipinski definition) is 0. The van der Waals surface area contributed by atoms with E-state index in [1.54, 1.807) is 5.20 Å². The maximum absolute atomic E-state index is 2.53. The van der Waals surface area contributed by atoms with Gasteiger partial charge in [-0.2, -0.15) is 0 Å². The molecule has 4 rings (SSSR count). The SMILES string of the molecule is Cc1ccc([Si](C)(C2=C(Cc3ccccc3)C=CC2)c2ccccc2)cc1. The van der Waals surface area contributed by atoms with Crippen molar-refractivity contribution in [2.45, 2.75) is 26.3 Å². The monoisotopic (exact) mass is 366 g/mol. The fourth-order valence-electron chi connectivity index (χ4n) is 4.23. The summed E-state index contributed by atoms with van der Waals surface area (Å²) in [5, 5.41) is 4.66. The van der Waals surface area contributed by atoms with Crippen molar-refractivity contribution in [3.63, 3.8) is 0 Å². The number of benzene rings is 3. The molecule has 3 aromatic rings. The van der Waals surface area contributed by atoms with E-state index in [4.69, 9.17) is 0 Å². The molecule has 0 heterocycles. The summed E-state index contributed by atoms with van der Waals surface area (Å²) >= 11 is 0. The predicted octanol–water partition coefficient (Wildman–Crippen LogP) is 5.23. The Morgan fingerprint density at radius 2 is 1.33 bits per heavy atom. The average molecular weight is 367 g/mol. The molecule has 0 N–H and O–H groups in total. The van der Waals surface area contributed by atoms with E-state index in [1.165, 1.54) is 27.1 Å². The zero-order chi connectivity index (χ0) is 18.7. The molecule has 1 atom stereocenters. The van der Waals surface area contributed by atoms with E-state index in [1.807, 2.05) is 0 Å². The largest absolute Gasteiger partial charge is 0.141 e. The summed E-state index contributed by atoms with van der Waals surface area (Å²) < 4.78 is 0. The summed E-state index contributed by atoms with van der Waals surface area (Å²) in [6.07, 6.45) is 6.82. The molecule has 0 saturated carbocycles. The van der Waals surface area contributed by atoms with Crippen LogP contribution in [0.4, 0.5) is 0 Å². The molecule has 0 aliphatic heterocycles. The van der Waals surface area contributed by atoms with Gasteiger partial charge in [-0.05, 0) is 41.3 Å². The highest BCUT2D eigenvalue weighted by Gasteiger charge is 2.37. The Morgan fingerprint density at radius 1 is 0.741 bits per heavy atom. The van der Waals surface area contributed by atoms with Gasteiger partial charge < -0.3 is 0 Å². The topological polar surface area (TPSA) is 0 Å². The highest BCUT2D eigenvalue weighted by molar-refractivity contribution is 7.06. The van der Waals surface area contributed by atoms with Crippen molar-refractivity contribution in [1.29, 1.82) is 0 Å². The maximum Gasteiger partial charge on any atom is 0.141 e. The number of aryl methyl sites for hydroxylation is 1. The molecular formula is C26H26Si. The molecule has 1 aliphatic carbocycles. The summed E-state index contributed by atoms with van der Waals surface area (Å²) in [7, 11) is -1.99. The van der Waals surface area contributed by atoms with Gasteiger partial charge in [0.15, 0.2) is 0 Å². The molecule has 0 bridgehead atoms. The molecule has 27 heavy (non-hydrogen) atoms. The quantitative estimate of drug-likeness (QED) is 0.543. The van der Waals surface area contributed by atoms with Crippen LogP contribution in [0.15, 0.2) is 108 Å². The lowest BCUT2D eigenvalue weighted by molar-refractivity contribution is 1.18. The van der Waals surface area contributed by atoms with E-state index in [0.717, 1.165) is 12.8 Å². The zero-order valence-electron chi connectivity index (χ0n) is 16.2. The lowest BCUT2D eigenvalue weighted by Gasteiger charge is -2.32. The van der Waals surface area contributed by atoms with Crippen molar-refractivity contribution < 1.29 is 0 Å². The summed E-state index contributed by atoms with van der Waals surface area (Å²) in [5.41, 5.74) is 4.23. The van der Waals surface area contributed by atoms with Gasteiger partial charge in [0.1, 0.15) is 8.07 Å². The number of hydrogen-bond acceptors (Lipinski definition) is 0. The molecule has 0 fully saturated rings. The minimum absolute atomic E-state index is 1.02. The molecule has 1 aliphatic rings. The van der Waals surface area contributed by atoms with Crippen LogP contribution in [-0.2, 0) is 6.42 Å². The Hall–Kier alpha value is -2.64. The first-order valence-corrected chi connectivity index (χ1v) is 12.2. The Kier molecular flexibility index (Phi) is 4.96. The first-order chi connectivity index (χ1) is 13.2. The van der Waals surface area contributed by atoms with Crippen LogP contribution in [0.1, 0.15) is 17.5 Å². The summed E-state index contributed by atoms with van der Waals surface area (Å²) in [6, 6.07) is 31.3. The molecule has 1 unspecified atom stereocenters. The highest BCUT2D eigenvalue weighted by Crippen LogP contribution is 2.30. The molecule has 134 valence electrons. The molecule has 0 radical (unpaired) electrons. The van der Waals surface area contributed by atoms with Gasteiger partial charge in [-0.1, -0.05) is 114 Å². The lowest BCUT2D eigenvalue weighted by Crippen LogP contribution is -2.57. The summed E-state index contributed by atoms with van der Waals surface area (Å²) in [5.74, 6) is 0. The van der Waals surface area contributed by atoms with E-state index in [0.29, 0.717) is 0 Å². The van der Waals surface area contributed by atoms with Gasteiger partial charge >= 0.3 is 0 Å². The molecule has 0 aromatic heterocycles. The Bertz CT molecular complexity index is 966. The molecule has 0 nitrogen and oxygen atoms in total. The maximum atomic E-state index is 2.53. The van der Waals surface area contributed by atoms with Crippen molar-refractivity contribution in [2.24, 2.45) is 0 Å². The van der Waals surface area contributed by atoms with Crippen LogP contribution in [-0.4, -0.2) is 8.07 Å². The molecule has 0 spiro atoms. The normalized spacial score (nSPS) is 15.8. The van der Waals surface area contributed by atoms with Crippen LogP contribution < -0.4 is 10.4 Å². The van der Waals surface area contributed by atoms with Gasteiger partial charge in [-0.25, -0.2) is 0 Å². The van der Waals surface area contributed by atoms with Gasteiger partial charge in [0.25, 0.3) is 0 Å². The standard InChI is InChI=1S/C26H26Si/c1-21-16-18-25(19-17-21)27(2,24-13-7-4-8-14-24)26-15-9-12-23(26)20-22-10-5-3-6-11-22/h3-14,16-19H,15,20H2,1-2H3. The van der Waals surface area contributed by atoms with Gasteiger partial charge in [-0.15, -0.1) is 0 Å². The van der Waals surface area contributed by atoms with Gasteiger partial charge in [0, 0.05) is 0 Å². The molecule has 1 heteroatoms. The van der Waals surface area contributed by atoms with E-state index in [2.05, 4.69) is 111 Å². The second-order valence-corrected chi connectivity index (χ2v) is 11.6. The zero-order valence-corrected chi connectivity index (χ0v) is 17.2. The molecular weight excluding hydrogens is 340 g/mol. The fraction of sp³-hybridized carbons (Fsp3) is 0.154. The number of allylic oxidation sites excluding steroid dienone is 4. The smallest absolute Gasteiger partial charge is 0.0805 e. The average Bonchev–Trinajstić information content (AvgIpc) is 3.18. The van der Waals surface area contributed by atoms with Crippen LogP contribution in [0.25, 0.3) is 0 Å². The number of rotatable bonds is 5. The summed E-state index contributed by atoms with van der Waals surface area (Å²) in [4.78, 5) is 0. The van der Waals surface area contributed by atoms with Crippen molar-refractivity contribution in [3.05, 3.63) is 119 Å². The third kappa shape index (κ3) is 3.48. The van der Waals surface area contributed by atoms with Gasteiger partial charge in [-0.3, -0.25) is 0 Å². The molecule has 0 amide bonds. The van der Waals surface area contributed by atoms with Crippen molar-refractivity contribution in [1.82, 2.24) is 0 Å². The summed E-state index contributed by atoms with van der Waals surface area (Å²) in [6.45, 7) is 4.70. The van der Waals surface area contributed by atoms with E-state index in [-0.39, 0.29) is 0 Å². The lowest BCUT2D eigenvalue weighted by atomic mass is 10.1. The second-order valence-electron chi connectivity index (χ2n) is 7.63. The minimum Gasteiger partial charge on any atom is -0.0805 e. The van der Waals surface area contributed by atoms with E-state index in [9.17, 15) is 0 Å². The van der Waals surface area contributed by atoms with Crippen LogP contribution in [0.3, 0.4) is 0 Å². The highest BCUT2D eigenvalue weighted by atomic mass is 28.3. The third-order valence-electron chi connectivity index (χ3n) is 5.85. The first kappa shape index (κ1) is 17.8. The van der Waals surface area contributed by atoms with Crippen molar-refractivity contribution in [2.75, 3.05) is 0 Å².